The Morgan fingerprint density at radius 1 is 1.17 bits per heavy atom. The van der Waals surface area contributed by atoms with Gasteiger partial charge in [-0.2, -0.15) is 13.2 Å². The number of hydrogen-bond donors (Lipinski definition) is 2. The number of anilines is 1. The SMILES string of the molecule is O=C(CNc1ccccc1OCC(F)(F)F)NC(C1CC1)C1CC1. The van der Waals surface area contributed by atoms with Crippen molar-refractivity contribution in [3.05, 3.63) is 24.3 Å². The van der Waals surface area contributed by atoms with Gasteiger partial charge in [-0.1, -0.05) is 12.1 Å². The molecule has 2 fully saturated rings. The number of amides is 1. The van der Waals surface area contributed by atoms with E-state index < -0.39 is 12.8 Å². The van der Waals surface area contributed by atoms with E-state index in [0.717, 1.165) is 0 Å². The molecule has 0 radical (unpaired) electrons. The van der Waals surface area contributed by atoms with E-state index >= 15 is 0 Å². The summed E-state index contributed by atoms with van der Waals surface area (Å²) in [4.78, 5) is 12.1. The minimum atomic E-state index is -4.40. The average molecular weight is 342 g/mol. The van der Waals surface area contributed by atoms with E-state index in [1.165, 1.54) is 31.7 Å². The van der Waals surface area contributed by atoms with E-state index in [1.54, 1.807) is 18.2 Å². The summed E-state index contributed by atoms with van der Waals surface area (Å²) in [6.07, 6.45) is 0.282. The third-order valence-electron chi connectivity index (χ3n) is 4.31. The number of nitrogens with one attached hydrogen (secondary N) is 2. The molecule has 2 saturated carbocycles. The summed E-state index contributed by atoms with van der Waals surface area (Å²) in [7, 11) is 0. The van der Waals surface area contributed by atoms with E-state index in [4.69, 9.17) is 4.74 Å². The molecule has 132 valence electrons. The van der Waals surface area contributed by atoms with E-state index in [2.05, 4.69) is 10.6 Å². The van der Waals surface area contributed by atoms with E-state index in [9.17, 15) is 18.0 Å². The second kappa shape index (κ2) is 6.91. The minimum Gasteiger partial charge on any atom is -0.482 e. The molecule has 2 N–H and O–H groups in total. The number of benzene rings is 1. The van der Waals surface area contributed by atoms with Gasteiger partial charge in [0.2, 0.25) is 5.91 Å². The lowest BCUT2D eigenvalue weighted by molar-refractivity contribution is -0.153. The topological polar surface area (TPSA) is 50.4 Å². The summed E-state index contributed by atoms with van der Waals surface area (Å²) < 4.78 is 41.6. The third-order valence-corrected chi connectivity index (χ3v) is 4.31. The number of carbonyl (C=O) groups is 1. The Kier molecular flexibility index (Phi) is 4.87. The van der Waals surface area contributed by atoms with Gasteiger partial charge in [-0.15, -0.1) is 0 Å². The summed E-state index contributed by atoms with van der Waals surface area (Å²) in [5.74, 6) is 1.15. The molecule has 24 heavy (non-hydrogen) atoms. The van der Waals surface area contributed by atoms with Crippen LogP contribution in [-0.4, -0.2) is 31.3 Å². The van der Waals surface area contributed by atoms with Crippen LogP contribution in [0.5, 0.6) is 5.75 Å². The summed E-state index contributed by atoms with van der Waals surface area (Å²) >= 11 is 0. The van der Waals surface area contributed by atoms with Crippen molar-refractivity contribution in [2.24, 2.45) is 11.8 Å². The van der Waals surface area contributed by atoms with Crippen LogP contribution in [0.2, 0.25) is 0 Å². The predicted molar refractivity (Wildman–Crippen MR) is 83.9 cm³/mol. The van der Waals surface area contributed by atoms with Crippen molar-refractivity contribution in [1.82, 2.24) is 5.32 Å². The minimum absolute atomic E-state index is 0.0162. The van der Waals surface area contributed by atoms with Crippen molar-refractivity contribution in [2.75, 3.05) is 18.5 Å². The first-order chi connectivity index (χ1) is 11.4. The average Bonchev–Trinajstić information content (AvgIpc) is 3.41. The smallest absolute Gasteiger partial charge is 0.422 e. The lowest BCUT2D eigenvalue weighted by Crippen LogP contribution is -2.41. The van der Waals surface area contributed by atoms with Gasteiger partial charge in [0.05, 0.1) is 12.2 Å². The van der Waals surface area contributed by atoms with Gasteiger partial charge in [0.15, 0.2) is 6.61 Å². The fourth-order valence-electron chi connectivity index (χ4n) is 2.84. The Morgan fingerprint density at radius 2 is 1.79 bits per heavy atom. The zero-order valence-electron chi connectivity index (χ0n) is 13.2. The van der Waals surface area contributed by atoms with Gasteiger partial charge < -0.3 is 15.4 Å². The fourth-order valence-corrected chi connectivity index (χ4v) is 2.84. The summed E-state index contributed by atoms with van der Waals surface area (Å²) in [5.41, 5.74) is 0.381. The highest BCUT2D eigenvalue weighted by Crippen LogP contribution is 2.44. The van der Waals surface area contributed by atoms with Crippen LogP contribution in [0, 0.1) is 11.8 Å². The number of rotatable bonds is 8. The molecular weight excluding hydrogens is 321 g/mol. The highest BCUT2D eigenvalue weighted by Gasteiger charge is 2.42. The van der Waals surface area contributed by atoms with Gasteiger partial charge in [-0.3, -0.25) is 4.79 Å². The van der Waals surface area contributed by atoms with E-state index in [0.29, 0.717) is 17.5 Å². The maximum atomic E-state index is 12.3. The second-order valence-corrected chi connectivity index (χ2v) is 6.52. The van der Waals surface area contributed by atoms with E-state index in [-0.39, 0.29) is 24.2 Å². The van der Waals surface area contributed by atoms with Crippen LogP contribution in [0.1, 0.15) is 25.7 Å². The third kappa shape index (κ3) is 5.04. The van der Waals surface area contributed by atoms with Crippen LogP contribution in [0.15, 0.2) is 24.3 Å². The number of alkyl halides is 3. The van der Waals surface area contributed by atoms with Gasteiger partial charge in [-0.05, 0) is 49.7 Å². The largest absolute Gasteiger partial charge is 0.482 e. The Bertz CT molecular complexity index is 571. The molecule has 0 aliphatic heterocycles. The van der Waals surface area contributed by atoms with Crippen molar-refractivity contribution in [1.29, 1.82) is 0 Å². The molecular formula is C17H21F3N2O2. The first kappa shape index (κ1) is 16.9. The summed E-state index contributed by atoms with van der Waals surface area (Å²) in [6.45, 7) is -1.34. The van der Waals surface area contributed by atoms with Gasteiger partial charge >= 0.3 is 6.18 Å². The first-order valence-corrected chi connectivity index (χ1v) is 8.24. The van der Waals surface area contributed by atoms with Crippen molar-refractivity contribution in [3.8, 4) is 5.75 Å². The van der Waals surface area contributed by atoms with Crippen LogP contribution in [0.4, 0.5) is 18.9 Å². The van der Waals surface area contributed by atoms with Gasteiger partial charge in [0, 0.05) is 6.04 Å². The summed E-state index contributed by atoms with van der Waals surface area (Å²) in [6, 6.07) is 6.57. The number of ether oxygens (including phenoxy) is 1. The standard InChI is InChI=1S/C17H21F3N2O2/c18-17(19,20)10-24-14-4-2-1-3-13(14)21-9-15(23)22-16(11-5-6-11)12-7-8-12/h1-4,11-12,16,21H,5-10H2,(H,22,23). The molecule has 0 saturated heterocycles. The number of halogens is 3. The number of hydrogen-bond acceptors (Lipinski definition) is 3. The Hall–Kier alpha value is -1.92. The molecule has 0 bridgehead atoms. The highest BCUT2D eigenvalue weighted by molar-refractivity contribution is 5.81. The van der Waals surface area contributed by atoms with Gasteiger partial charge in [0.25, 0.3) is 0 Å². The highest BCUT2D eigenvalue weighted by atomic mass is 19.4. The van der Waals surface area contributed by atoms with Gasteiger partial charge in [-0.25, -0.2) is 0 Å². The van der Waals surface area contributed by atoms with Crippen LogP contribution in [0.25, 0.3) is 0 Å². The van der Waals surface area contributed by atoms with Crippen LogP contribution in [-0.2, 0) is 4.79 Å². The summed E-state index contributed by atoms with van der Waals surface area (Å²) in [5, 5.41) is 5.93. The molecule has 1 amide bonds. The molecule has 0 heterocycles. The predicted octanol–water partition coefficient (Wildman–Crippen LogP) is 3.34. The Balaban J connectivity index is 1.51. The molecule has 0 atom stereocenters. The molecule has 1 aromatic carbocycles. The quantitative estimate of drug-likeness (QED) is 0.762. The zero-order valence-corrected chi connectivity index (χ0v) is 13.2. The van der Waals surface area contributed by atoms with Crippen LogP contribution in [0.3, 0.4) is 0 Å². The lowest BCUT2D eigenvalue weighted by Gasteiger charge is -2.19. The maximum Gasteiger partial charge on any atom is 0.422 e. The van der Waals surface area contributed by atoms with Crippen LogP contribution >= 0.6 is 0 Å². The second-order valence-electron chi connectivity index (χ2n) is 6.52. The molecule has 0 spiro atoms. The molecule has 7 heteroatoms. The maximum absolute atomic E-state index is 12.3. The molecule has 3 rings (SSSR count). The lowest BCUT2D eigenvalue weighted by atomic mass is 10.1. The van der Waals surface area contributed by atoms with Crippen LogP contribution < -0.4 is 15.4 Å². The van der Waals surface area contributed by atoms with E-state index in [1.807, 2.05) is 0 Å². The molecule has 1 aromatic rings. The van der Waals surface area contributed by atoms with Gasteiger partial charge in [0.1, 0.15) is 5.75 Å². The zero-order chi connectivity index (χ0) is 17.2. The molecule has 2 aliphatic carbocycles. The Labute approximate surface area is 138 Å². The monoisotopic (exact) mass is 342 g/mol. The van der Waals surface area contributed by atoms with Crippen molar-refractivity contribution in [3.63, 3.8) is 0 Å². The molecule has 0 unspecified atom stereocenters. The Morgan fingerprint density at radius 3 is 2.38 bits per heavy atom. The van der Waals surface area contributed by atoms with Crippen molar-refractivity contribution < 1.29 is 22.7 Å². The van der Waals surface area contributed by atoms with Crippen molar-refractivity contribution in [2.45, 2.75) is 37.9 Å². The molecule has 0 aromatic heterocycles. The fraction of sp³-hybridized carbons (Fsp3) is 0.588. The number of para-hydroxylation sites is 2. The first-order valence-electron chi connectivity index (χ1n) is 8.24. The van der Waals surface area contributed by atoms with Crippen molar-refractivity contribution >= 4 is 11.6 Å². The molecule has 2 aliphatic rings. The normalized spacial score (nSPS) is 17.7. The molecule has 4 nitrogen and oxygen atoms in total. The number of carbonyl (C=O) groups excluding carboxylic acids is 1.